The van der Waals surface area contributed by atoms with E-state index in [2.05, 4.69) is 31.2 Å². The molecule has 0 aliphatic heterocycles. The van der Waals surface area contributed by atoms with Crippen LogP contribution in [0, 0.1) is 0 Å². The average Bonchev–Trinajstić information content (AvgIpc) is 2.73. The second kappa shape index (κ2) is 8.42. The summed E-state index contributed by atoms with van der Waals surface area (Å²) >= 11 is 11.6. The molecule has 30 heavy (non-hydrogen) atoms. The lowest BCUT2D eigenvalue weighted by Crippen LogP contribution is -2.19. The predicted molar refractivity (Wildman–Crippen MR) is 116 cm³/mol. The monoisotopic (exact) mass is 452 g/mol. The van der Waals surface area contributed by atoms with Gasteiger partial charge in [-0.15, -0.1) is 0 Å². The maximum atomic E-state index is 11.4. The van der Waals surface area contributed by atoms with Crippen molar-refractivity contribution < 1.29 is 0 Å². The van der Waals surface area contributed by atoms with Crippen LogP contribution in [-0.2, 0) is 0 Å². The number of aromatic nitrogens is 4. The number of nitrogens with two attached hydrogens (primary N) is 2. The molecule has 156 valence electrons. The Hall–Kier alpha value is -3.58. The Morgan fingerprint density at radius 1 is 0.567 bits per heavy atom. The lowest BCUT2D eigenvalue weighted by atomic mass is 10.2. The van der Waals surface area contributed by atoms with Crippen LogP contribution in [-0.4, -0.2) is 20.4 Å². The Morgan fingerprint density at radius 2 is 0.833 bits per heavy atom. The molecule has 2 aromatic carbocycles. The molecule has 0 radical (unpaired) electrons. The van der Waals surface area contributed by atoms with E-state index in [-0.39, 0.29) is 31.6 Å². The molecule has 0 atom stereocenters. The molecule has 4 rings (SSSR count). The van der Waals surface area contributed by atoms with Gasteiger partial charge in [-0.25, -0.2) is 0 Å². The molecule has 0 spiro atoms. The lowest BCUT2D eigenvalue weighted by Gasteiger charge is -2.03. The van der Waals surface area contributed by atoms with Gasteiger partial charge in [0.05, 0.1) is 43.0 Å². The third-order valence-corrected chi connectivity index (χ3v) is 4.71. The third kappa shape index (κ3) is 3.92. The van der Waals surface area contributed by atoms with Gasteiger partial charge in [-0.05, 0) is 24.3 Å². The Bertz CT molecular complexity index is 1370. The van der Waals surface area contributed by atoms with Crippen molar-refractivity contribution in [3.8, 4) is 0 Å². The van der Waals surface area contributed by atoms with Crippen molar-refractivity contribution in [3.63, 3.8) is 0 Å². The van der Waals surface area contributed by atoms with E-state index in [1.54, 1.807) is 0 Å². The van der Waals surface area contributed by atoms with Crippen LogP contribution in [0.4, 0.5) is 11.4 Å². The van der Waals surface area contributed by atoms with E-state index in [9.17, 15) is 19.2 Å². The quantitative estimate of drug-likeness (QED) is 0.156. The zero-order chi connectivity index (χ0) is 22.0. The molecule has 0 bridgehead atoms. The van der Waals surface area contributed by atoms with Crippen molar-refractivity contribution in [2.45, 2.75) is 0 Å². The van der Waals surface area contributed by atoms with Crippen LogP contribution < -0.4 is 44.8 Å². The van der Waals surface area contributed by atoms with Crippen LogP contribution in [0.25, 0.3) is 21.5 Å². The van der Waals surface area contributed by atoms with E-state index < -0.39 is 22.2 Å². The number of benzene rings is 2. The summed E-state index contributed by atoms with van der Waals surface area (Å²) in [7, 11) is 0. The molecule has 0 fully saturated rings. The van der Waals surface area contributed by atoms with Crippen molar-refractivity contribution in [3.05, 3.63) is 75.7 Å². The SMILES string of the molecule is NNc1cc2c(=O)[nH][nH]c(=O)c2cc1Cl.NNc1cc2c(=O)[nH][nH]c(=O)c2cc1Cl. The van der Waals surface area contributed by atoms with Crippen LogP contribution in [0.15, 0.2) is 43.4 Å². The average molecular weight is 453 g/mol. The topological polar surface area (TPSA) is 208 Å². The number of hydrazine groups is 2. The summed E-state index contributed by atoms with van der Waals surface area (Å²) < 4.78 is 0. The van der Waals surface area contributed by atoms with Gasteiger partial charge in [0.15, 0.2) is 0 Å². The Labute approximate surface area is 175 Å². The fraction of sp³-hybridized carbons (Fsp3) is 0. The Balaban J connectivity index is 0.000000171. The maximum Gasteiger partial charge on any atom is 0.270 e. The molecule has 0 unspecified atom stereocenters. The van der Waals surface area contributed by atoms with Crippen molar-refractivity contribution in [2.75, 3.05) is 10.9 Å². The summed E-state index contributed by atoms with van der Waals surface area (Å²) in [6.45, 7) is 0. The van der Waals surface area contributed by atoms with Gasteiger partial charge in [-0.3, -0.25) is 51.3 Å². The van der Waals surface area contributed by atoms with Crippen LogP contribution >= 0.6 is 23.2 Å². The molecule has 0 saturated carbocycles. The molecule has 0 saturated heterocycles. The molecule has 4 aromatic rings. The van der Waals surface area contributed by atoms with E-state index in [0.29, 0.717) is 11.4 Å². The van der Waals surface area contributed by atoms with E-state index >= 15 is 0 Å². The zero-order valence-corrected chi connectivity index (χ0v) is 16.4. The van der Waals surface area contributed by atoms with Gasteiger partial charge in [0.2, 0.25) is 0 Å². The number of hydrogen-bond donors (Lipinski definition) is 8. The molecule has 2 aromatic heterocycles. The highest BCUT2D eigenvalue weighted by Gasteiger charge is 2.08. The van der Waals surface area contributed by atoms with Gasteiger partial charge in [0.1, 0.15) is 0 Å². The predicted octanol–water partition coefficient (Wildman–Crippen LogP) is 0.311. The summed E-state index contributed by atoms with van der Waals surface area (Å²) in [6.07, 6.45) is 0. The zero-order valence-electron chi connectivity index (χ0n) is 14.9. The first kappa shape index (κ1) is 21.1. The molecule has 0 aliphatic carbocycles. The number of H-pyrrole nitrogens is 4. The summed E-state index contributed by atoms with van der Waals surface area (Å²) in [5.41, 5.74) is 3.83. The second-order valence-corrected chi connectivity index (χ2v) is 6.67. The molecule has 0 aliphatic rings. The fourth-order valence-electron chi connectivity index (χ4n) is 2.62. The minimum absolute atomic E-state index is 0.225. The van der Waals surface area contributed by atoms with E-state index in [4.69, 9.17) is 34.9 Å². The highest BCUT2D eigenvalue weighted by atomic mass is 35.5. The fourth-order valence-corrected chi connectivity index (χ4v) is 3.05. The molecule has 0 amide bonds. The first-order valence-corrected chi connectivity index (χ1v) is 8.84. The summed E-state index contributed by atoms with van der Waals surface area (Å²) in [5.74, 6) is 10.4. The second-order valence-electron chi connectivity index (χ2n) is 5.86. The number of nitrogen functional groups attached to an aromatic ring is 2. The van der Waals surface area contributed by atoms with Gasteiger partial charge in [-0.1, -0.05) is 23.2 Å². The number of anilines is 2. The summed E-state index contributed by atoms with van der Waals surface area (Å²) in [5, 5.41) is 10.3. The van der Waals surface area contributed by atoms with Crippen molar-refractivity contribution in [2.24, 2.45) is 11.7 Å². The van der Waals surface area contributed by atoms with Gasteiger partial charge in [0, 0.05) is 0 Å². The van der Waals surface area contributed by atoms with Crippen molar-refractivity contribution in [1.29, 1.82) is 0 Å². The third-order valence-electron chi connectivity index (χ3n) is 4.08. The number of fused-ring (bicyclic) bond motifs is 2. The summed E-state index contributed by atoms with van der Waals surface area (Å²) in [6, 6.07) is 5.62. The molecular weight excluding hydrogens is 439 g/mol. The highest BCUT2D eigenvalue weighted by molar-refractivity contribution is 6.34. The molecule has 2 heterocycles. The normalized spacial score (nSPS) is 10.5. The number of nitrogens with one attached hydrogen (secondary N) is 6. The highest BCUT2D eigenvalue weighted by Crippen LogP contribution is 2.24. The largest absolute Gasteiger partial charge is 0.323 e. The minimum Gasteiger partial charge on any atom is -0.323 e. The van der Waals surface area contributed by atoms with E-state index in [0.717, 1.165) is 0 Å². The summed E-state index contributed by atoms with van der Waals surface area (Å²) in [4.78, 5) is 45.4. The molecular formula is C16H14Cl2N8O4. The maximum absolute atomic E-state index is 11.4. The van der Waals surface area contributed by atoms with Gasteiger partial charge >= 0.3 is 0 Å². The first-order chi connectivity index (χ1) is 14.3. The van der Waals surface area contributed by atoms with E-state index in [1.807, 2.05) is 0 Å². The Morgan fingerprint density at radius 3 is 1.10 bits per heavy atom. The molecule has 10 N–H and O–H groups in total. The van der Waals surface area contributed by atoms with Crippen LogP contribution in [0.2, 0.25) is 10.0 Å². The van der Waals surface area contributed by atoms with Crippen LogP contribution in [0.5, 0.6) is 0 Å². The number of aromatic amines is 4. The van der Waals surface area contributed by atoms with Crippen LogP contribution in [0.3, 0.4) is 0 Å². The van der Waals surface area contributed by atoms with Crippen LogP contribution in [0.1, 0.15) is 0 Å². The smallest absolute Gasteiger partial charge is 0.270 e. The molecule has 14 heteroatoms. The van der Waals surface area contributed by atoms with Crippen molar-refractivity contribution >= 4 is 56.1 Å². The molecule has 12 nitrogen and oxygen atoms in total. The Kier molecular flexibility index (Phi) is 5.94. The standard InChI is InChI=1S/2C8H7ClN4O2/c2*9-5-1-3-4(2-6(5)11-10)8(15)13-12-7(3)14/h2*1-2,11H,10H2,(H,12,14)(H,13,15). The van der Waals surface area contributed by atoms with Crippen molar-refractivity contribution in [1.82, 2.24) is 20.4 Å². The van der Waals surface area contributed by atoms with Gasteiger partial charge < -0.3 is 10.9 Å². The lowest BCUT2D eigenvalue weighted by molar-refractivity contribution is 0.976. The number of rotatable bonds is 2. The number of halogens is 2. The van der Waals surface area contributed by atoms with Gasteiger partial charge in [-0.2, -0.15) is 0 Å². The first-order valence-electron chi connectivity index (χ1n) is 8.08. The number of hydrogen-bond acceptors (Lipinski definition) is 8. The van der Waals surface area contributed by atoms with E-state index in [1.165, 1.54) is 24.3 Å². The minimum atomic E-state index is -0.407. The van der Waals surface area contributed by atoms with Gasteiger partial charge in [0.25, 0.3) is 22.2 Å².